The molecule has 156 valence electrons. The van der Waals surface area contributed by atoms with Crippen LogP contribution in [0.4, 0.5) is 5.69 Å². The van der Waals surface area contributed by atoms with Crippen LogP contribution in [-0.4, -0.2) is 28.4 Å². The van der Waals surface area contributed by atoms with Crippen molar-refractivity contribution in [2.45, 2.75) is 20.0 Å². The number of fused-ring (bicyclic) bond motifs is 1. The van der Waals surface area contributed by atoms with Gasteiger partial charge in [0, 0.05) is 18.3 Å². The molecule has 2 amide bonds. The monoisotopic (exact) mass is 412 g/mol. The van der Waals surface area contributed by atoms with E-state index in [1.165, 1.54) is 0 Å². The van der Waals surface area contributed by atoms with Crippen LogP contribution >= 0.6 is 0 Å². The second kappa shape index (κ2) is 8.83. The smallest absolute Gasteiger partial charge is 0.251 e. The summed E-state index contributed by atoms with van der Waals surface area (Å²) in [6, 6.07) is 24.6. The Bertz CT molecular complexity index is 1230. The van der Waals surface area contributed by atoms with Gasteiger partial charge in [-0.3, -0.25) is 9.59 Å². The van der Waals surface area contributed by atoms with Crippen LogP contribution in [0, 0.1) is 6.92 Å². The molecule has 1 aromatic heterocycles. The number of hydrogen-bond donors (Lipinski definition) is 1. The summed E-state index contributed by atoms with van der Waals surface area (Å²) in [5.41, 5.74) is 4.10. The van der Waals surface area contributed by atoms with Crippen molar-refractivity contribution in [3.63, 3.8) is 0 Å². The van der Waals surface area contributed by atoms with Crippen molar-refractivity contribution in [1.82, 2.24) is 14.9 Å². The van der Waals surface area contributed by atoms with Crippen molar-refractivity contribution in [1.29, 1.82) is 0 Å². The molecular weight excluding hydrogens is 388 g/mol. The molecule has 0 aliphatic rings. The number of likely N-dealkylation sites (N-methyl/N-ethyl adjacent to an activating group) is 1. The van der Waals surface area contributed by atoms with Gasteiger partial charge in [-0.25, -0.2) is 4.98 Å². The summed E-state index contributed by atoms with van der Waals surface area (Å²) >= 11 is 0. The predicted octanol–water partition coefficient (Wildman–Crippen LogP) is 3.94. The van der Waals surface area contributed by atoms with Gasteiger partial charge in [0.15, 0.2) is 0 Å². The average molecular weight is 412 g/mol. The molecule has 4 rings (SSSR count). The second-order valence-corrected chi connectivity index (χ2v) is 7.44. The van der Waals surface area contributed by atoms with Crippen molar-refractivity contribution >= 4 is 28.5 Å². The molecule has 6 nitrogen and oxygen atoms in total. The number of carbonyl (C=O) groups is 2. The first kappa shape index (κ1) is 20.3. The number of nitrogens with one attached hydrogen (secondary N) is 1. The molecule has 0 fully saturated rings. The molecule has 1 heterocycles. The van der Waals surface area contributed by atoms with Crippen LogP contribution in [0.5, 0.6) is 0 Å². The number of rotatable bonds is 6. The Kier molecular flexibility index (Phi) is 5.80. The van der Waals surface area contributed by atoms with E-state index in [4.69, 9.17) is 0 Å². The zero-order valence-corrected chi connectivity index (χ0v) is 17.6. The number of hydrogen-bond acceptors (Lipinski definition) is 3. The topological polar surface area (TPSA) is 67.2 Å². The van der Waals surface area contributed by atoms with Crippen LogP contribution in [0.25, 0.3) is 11.0 Å². The van der Waals surface area contributed by atoms with Gasteiger partial charge in [-0.1, -0.05) is 48.0 Å². The third-order valence-corrected chi connectivity index (χ3v) is 5.23. The van der Waals surface area contributed by atoms with Crippen LogP contribution in [-0.2, 0) is 17.9 Å². The average Bonchev–Trinajstić information content (AvgIpc) is 3.14. The number of carbonyl (C=O) groups excluding carboxylic acids is 2. The number of aromatic nitrogens is 2. The zero-order valence-electron chi connectivity index (χ0n) is 17.6. The molecule has 0 atom stereocenters. The molecular formula is C25H24N4O2. The van der Waals surface area contributed by atoms with E-state index in [-0.39, 0.29) is 24.9 Å². The summed E-state index contributed by atoms with van der Waals surface area (Å²) in [6.07, 6.45) is 0. The van der Waals surface area contributed by atoms with Gasteiger partial charge in [0.1, 0.15) is 12.4 Å². The van der Waals surface area contributed by atoms with Crippen LogP contribution in [0.1, 0.15) is 21.7 Å². The fourth-order valence-electron chi connectivity index (χ4n) is 3.52. The summed E-state index contributed by atoms with van der Waals surface area (Å²) in [5.74, 6) is 0.396. The maximum atomic E-state index is 13.0. The summed E-state index contributed by atoms with van der Waals surface area (Å²) < 4.78 is 1.87. The van der Waals surface area contributed by atoms with Crippen molar-refractivity contribution < 1.29 is 9.59 Å². The SMILES string of the molecule is Cc1cccc(C(=O)NCc2nc3ccccc3n2CC(=O)N(C)c2ccccc2)c1. The van der Waals surface area contributed by atoms with Crippen LogP contribution in [0.15, 0.2) is 78.9 Å². The first-order valence-corrected chi connectivity index (χ1v) is 10.1. The molecule has 6 heteroatoms. The molecule has 0 bridgehead atoms. The molecule has 0 saturated carbocycles. The Hall–Kier alpha value is -3.93. The lowest BCUT2D eigenvalue weighted by molar-refractivity contribution is -0.118. The molecule has 0 spiro atoms. The summed E-state index contributed by atoms with van der Waals surface area (Å²) in [4.78, 5) is 31.9. The number of benzene rings is 3. The quantitative estimate of drug-likeness (QED) is 0.522. The first-order valence-electron chi connectivity index (χ1n) is 10.1. The van der Waals surface area contributed by atoms with Gasteiger partial charge in [-0.05, 0) is 43.3 Å². The van der Waals surface area contributed by atoms with Crippen LogP contribution < -0.4 is 10.2 Å². The minimum atomic E-state index is -0.171. The molecule has 31 heavy (non-hydrogen) atoms. The Morgan fingerprint density at radius 2 is 1.71 bits per heavy atom. The maximum Gasteiger partial charge on any atom is 0.251 e. The predicted molar refractivity (Wildman–Crippen MR) is 122 cm³/mol. The highest BCUT2D eigenvalue weighted by atomic mass is 16.2. The minimum absolute atomic E-state index is 0.0689. The fourth-order valence-corrected chi connectivity index (χ4v) is 3.52. The summed E-state index contributed by atoms with van der Waals surface area (Å²) in [6.45, 7) is 2.30. The second-order valence-electron chi connectivity index (χ2n) is 7.44. The molecule has 3 aromatic carbocycles. The van der Waals surface area contributed by atoms with E-state index in [0.717, 1.165) is 22.3 Å². The van der Waals surface area contributed by atoms with E-state index in [1.807, 2.05) is 84.3 Å². The third-order valence-electron chi connectivity index (χ3n) is 5.23. The molecule has 0 radical (unpaired) electrons. The maximum absolute atomic E-state index is 13.0. The van der Waals surface area contributed by atoms with Gasteiger partial charge in [0.25, 0.3) is 5.91 Å². The van der Waals surface area contributed by atoms with Crippen LogP contribution in [0.3, 0.4) is 0 Å². The lowest BCUT2D eigenvalue weighted by atomic mass is 10.1. The highest BCUT2D eigenvalue weighted by Crippen LogP contribution is 2.18. The minimum Gasteiger partial charge on any atom is -0.345 e. The number of nitrogens with zero attached hydrogens (tertiary/aromatic N) is 3. The molecule has 1 N–H and O–H groups in total. The number of anilines is 1. The molecule has 0 aliphatic heterocycles. The van der Waals surface area contributed by atoms with E-state index in [0.29, 0.717) is 11.4 Å². The molecule has 0 aliphatic carbocycles. The number of para-hydroxylation sites is 3. The van der Waals surface area contributed by atoms with Crippen LogP contribution in [0.2, 0.25) is 0 Å². The zero-order chi connectivity index (χ0) is 21.8. The van der Waals surface area contributed by atoms with Gasteiger partial charge in [0.2, 0.25) is 5.91 Å². The summed E-state index contributed by atoms with van der Waals surface area (Å²) in [5, 5.41) is 2.93. The normalized spacial score (nSPS) is 10.8. The Morgan fingerprint density at radius 3 is 2.48 bits per heavy atom. The van der Waals surface area contributed by atoms with E-state index >= 15 is 0 Å². The number of amides is 2. The Morgan fingerprint density at radius 1 is 0.968 bits per heavy atom. The first-order chi connectivity index (χ1) is 15.0. The van der Waals surface area contributed by atoms with Gasteiger partial charge in [-0.2, -0.15) is 0 Å². The number of imidazole rings is 1. The lowest BCUT2D eigenvalue weighted by Crippen LogP contribution is -2.31. The Labute approximate surface area is 181 Å². The van der Waals surface area contributed by atoms with Crippen molar-refractivity contribution in [2.24, 2.45) is 0 Å². The largest absolute Gasteiger partial charge is 0.345 e. The Balaban J connectivity index is 1.57. The summed E-state index contributed by atoms with van der Waals surface area (Å²) in [7, 11) is 1.76. The molecule has 0 unspecified atom stereocenters. The van der Waals surface area contributed by atoms with E-state index in [1.54, 1.807) is 18.0 Å². The van der Waals surface area contributed by atoms with Gasteiger partial charge < -0.3 is 14.8 Å². The van der Waals surface area contributed by atoms with E-state index in [2.05, 4.69) is 10.3 Å². The van der Waals surface area contributed by atoms with E-state index in [9.17, 15) is 9.59 Å². The highest BCUT2D eigenvalue weighted by Gasteiger charge is 2.17. The van der Waals surface area contributed by atoms with Gasteiger partial charge >= 0.3 is 0 Å². The standard InChI is InChI=1S/C25H24N4O2/c1-18-9-8-10-19(15-18)25(31)26-16-23-27-21-13-6-7-14-22(21)29(23)17-24(30)28(2)20-11-4-3-5-12-20/h3-15H,16-17H2,1-2H3,(H,26,31). The van der Waals surface area contributed by atoms with Gasteiger partial charge in [-0.15, -0.1) is 0 Å². The van der Waals surface area contributed by atoms with Crippen molar-refractivity contribution in [3.05, 3.63) is 95.8 Å². The fraction of sp³-hybridized carbons (Fsp3) is 0.160. The van der Waals surface area contributed by atoms with E-state index < -0.39 is 0 Å². The molecule has 4 aromatic rings. The lowest BCUT2D eigenvalue weighted by Gasteiger charge is -2.19. The van der Waals surface area contributed by atoms with Gasteiger partial charge in [0.05, 0.1) is 17.6 Å². The van der Waals surface area contributed by atoms with Crippen molar-refractivity contribution in [3.8, 4) is 0 Å². The number of aryl methyl sites for hydroxylation is 1. The highest BCUT2D eigenvalue weighted by molar-refractivity contribution is 5.95. The third kappa shape index (κ3) is 4.48. The molecule has 0 saturated heterocycles. The van der Waals surface area contributed by atoms with Crippen molar-refractivity contribution in [2.75, 3.05) is 11.9 Å².